The fraction of sp³-hybridized carbons (Fsp3) is 0.143. The molecule has 0 aliphatic heterocycles. The third kappa shape index (κ3) is 4.53. The molecule has 0 aromatic heterocycles. The summed E-state index contributed by atoms with van der Waals surface area (Å²) in [5, 5.41) is 44.4. The molecule has 138 valence electrons. The van der Waals surface area contributed by atoms with Crippen LogP contribution in [0.5, 0.6) is 0 Å². The standard InChI is InChI=1S/C14H10O12/c15-9(16)3-8(13(23)24)26-14(25)7-2-5(11(19)20)4(10(17)18)1-6(7)12(21)22/h1-2,8H,3H2,(H,15,16)(H,17,18)(H,19,20)(H,21,22)(H,23,24). The van der Waals surface area contributed by atoms with E-state index in [-0.39, 0.29) is 0 Å². The fourth-order valence-electron chi connectivity index (χ4n) is 1.83. The number of hydrogen-bond donors (Lipinski definition) is 5. The molecule has 12 nitrogen and oxygen atoms in total. The highest BCUT2D eigenvalue weighted by Crippen LogP contribution is 2.20. The highest BCUT2D eigenvalue weighted by molar-refractivity contribution is 6.09. The van der Waals surface area contributed by atoms with Gasteiger partial charge in [-0.15, -0.1) is 0 Å². The fourth-order valence-corrected chi connectivity index (χ4v) is 1.83. The average molecular weight is 370 g/mol. The SMILES string of the molecule is O=C(O)CC(OC(=O)c1cc(C(=O)O)c(C(=O)O)cc1C(=O)O)C(=O)O. The minimum atomic E-state index is -2.17. The van der Waals surface area contributed by atoms with E-state index in [2.05, 4.69) is 4.74 Å². The Balaban J connectivity index is 3.47. The van der Waals surface area contributed by atoms with Crippen molar-refractivity contribution in [2.24, 2.45) is 0 Å². The van der Waals surface area contributed by atoms with Crippen molar-refractivity contribution in [2.75, 3.05) is 0 Å². The van der Waals surface area contributed by atoms with Crippen molar-refractivity contribution in [3.8, 4) is 0 Å². The zero-order valence-corrected chi connectivity index (χ0v) is 12.5. The summed E-state index contributed by atoms with van der Waals surface area (Å²) in [6, 6.07) is 0.801. The van der Waals surface area contributed by atoms with Gasteiger partial charge in [-0.1, -0.05) is 0 Å². The maximum Gasteiger partial charge on any atom is 0.345 e. The quantitative estimate of drug-likeness (QED) is 0.378. The first kappa shape index (κ1) is 20.1. The van der Waals surface area contributed by atoms with Gasteiger partial charge in [0.15, 0.2) is 0 Å². The van der Waals surface area contributed by atoms with Crippen LogP contribution in [0.3, 0.4) is 0 Å². The van der Waals surface area contributed by atoms with Gasteiger partial charge >= 0.3 is 35.8 Å². The zero-order valence-electron chi connectivity index (χ0n) is 12.5. The molecule has 0 radical (unpaired) electrons. The van der Waals surface area contributed by atoms with Gasteiger partial charge in [-0.05, 0) is 12.1 Å². The van der Waals surface area contributed by atoms with Crippen LogP contribution in [0.2, 0.25) is 0 Å². The number of carboxylic acid groups (broad SMARTS) is 5. The van der Waals surface area contributed by atoms with Gasteiger partial charge in [0.05, 0.1) is 28.7 Å². The topological polar surface area (TPSA) is 213 Å². The molecular formula is C14H10O12. The summed E-state index contributed by atoms with van der Waals surface area (Å²) in [5.74, 6) is -10.5. The van der Waals surface area contributed by atoms with Gasteiger partial charge in [-0.25, -0.2) is 24.0 Å². The lowest BCUT2D eigenvalue weighted by Crippen LogP contribution is -2.30. The van der Waals surface area contributed by atoms with Crippen LogP contribution < -0.4 is 0 Å². The van der Waals surface area contributed by atoms with Gasteiger partial charge < -0.3 is 30.3 Å². The van der Waals surface area contributed by atoms with E-state index in [0.29, 0.717) is 12.1 Å². The second-order valence-corrected chi connectivity index (χ2v) is 4.69. The molecule has 1 unspecified atom stereocenters. The van der Waals surface area contributed by atoms with E-state index in [4.69, 9.17) is 25.5 Å². The Morgan fingerprint density at radius 2 is 1.12 bits per heavy atom. The van der Waals surface area contributed by atoms with Crippen LogP contribution in [0.1, 0.15) is 47.9 Å². The number of esters is 1. The normalized spacial score (nSPS) is 11.2. The Morgan fingerprint density at radius 3 is 1.46 bits per heavy atom. The Kier molecular flexibility index (Phi) is 5.98. The van der Waals surface area contributed by atoms with E-state index >= 15 is 0 Å². The Labute approximate surface area is 142 Å². The lowest BCUT2D eigenvalue weighted by molar-refractivity contribution is -0.153. The van der Waals surface area contributed by atoms with Gasteiger partial charge in [0.2, 0.25) is 6.10 Å². The monoisotopic (exact) mass is 370 g/mol. The van der Waals surface area contributed by atoms with E-state index in [1.807, 2.05) is 0 Å². The Bertz CT molecular complexity index is 821. The molecule has 0 aliphatic rings. The molecule has 5 N–H and O–H groups in total. The van der Waals surface area contributed by atoms with Crippen LogP contribution in [-0.4, -0.2) is 67.5 Å². The first-order valence-corrected chi connectivity index (χ1v) is 6.49. The molecule has 1 rings (SSSR count). The second kappa shape index (κ2) is 7.74. The number of benzene rings is 1. The minimum absolute atomic E-state index is 0.400. The van der Waals surface area contributed by atoms with Crippen LogP contribution in [0.15, 0.2) is 12.1 Å². The molecule has 12 heteroatoms. The molecule has 1 atom stereocenters. The Morgan fingerprint density at radius 1 is 0.731 bits per heavy atom. The maximum absolute atomic E-state index is 12.0. The largest absolute Gasteiger partial charge is 0.481 e. The number of rotatable bonds is 8. The van der Waals surface area contributed by atoms with Crippen LogP contribution >= 0.6 is 0 Å². The molecule has 0 saturated heterocycles. The van der Waals surface area contributed by atoms with Crippen molar-refractivity contribution < 1.29 is 59.0 Å². The number of carbonyl (C=O) groups excluding carboxylic acids is 1. The third-order valence-electron chi connectivity index (χ3n) is 2.95. The number of carbonyl (C=O) groups is 6. The van der Waals surface area contributed by atoms with Crippen molar-refractivity contribution in [3.63, 3.8) is 0 Å². The van der Waals surface area contributed by atoms with Gasteiger partial charge in [-0.2, -0.15) is 0 Å². The molecule has 1 aromatic carbocycles. The van der Waals surface area contributed by atoms with Crippen molar-refractivity contribution in [1.29, 1.82) is 0 Å². The number of carboxylic acids is 5. The van der Waals surface area contributed by atoms with Gasteiger partial charge in [-0.3, -0.25) is 4.79 Å². The van der Waals surface area contributed by atoms with E-state index in [1.165, 1.54) is 0 Å². The lowest BCUT2D eigenvalue weighted by atomic mass is 9.98. The summed E-state index contributed by atoms with van der Waals surface area (Å²) in [6.45, 7) is 0. The summed E-state index contributed by atoms with van der Waals surface area (Å²) < 4.78 is 4.41. The molecular weight excluding hydrogens is 360 g/mol. The summed E-state index contributed by atoms with van der Waals surface area (Å²) in [7, 11) is 0. The molecule has 0 amide bonds. The molecule has 1 aromatic rings. The highest BCUT2D eigenvalue weighted by Gasteiger charge is 2.30. The van der Waals surface area contributed by atoms with E-state index in [0.717, 1.165) is 0 Å². The average Bonchev–Trinajstić information content (AvgIpc) is 2.51. The minimum Gasteiger partial charge on any atom is -0.481 e. The first-order chi connectivity index (χ1) is 12.0. The van der Waals surface area contributed by atoms with E-state index < -0.39 is 70.6 Å². The van der Waals surface area contributed by atoms with Crippen LogP contribution in [-0.2, 0) is 14.3 Å². The van der Waals surface area contributed by atoms with Gasteiger partial charge in [0.1, 0.15) is 0 Å². The summed E-state index contributed by atoms with van der Waals surface area (Å²) in [4.78, 5) is 66.9. The molecule has 26 heavy (non-hydrogen) atoms. The van der Waals surface area contributed by atoms with Crippen LogP contribution in [0.4, 0.5) is 0 Å². The smallest absolute Gasteiger partial charge is 0.345 e. The molecule has 0 spiro atoms. The first-order valence-electron chi connectivity index (χ1n) is 6.49. The number of aliphatic carboxylic acids is 2. The molecule has 0 fully saturated rings. The van der Waals surface area contributed by atoms with Crippen molar-refractivity contribution in [2.45, 2.75) is 12.5 Å². The molecule has 0 bridgehead atoms. The summed E-state index contributed by atoms with van der Waals surface area (Å²) in [5.41, 5.74) is -3.78. The van der Waals surface area contributed by atoms with Gasteiger partial charge in [0, 0.05) is 0 Å². The maximum atomic E-state index is 12.0. The number of ether oxygens (including phenoxy) is 1. The third-order valence-corrected chi connectivity index (χ3v) is 2.95. The molecule has 0 aliphatic carbocycles. The van der Waals surface area contributed by atoms with Crippen LogP contribution in [0.25, 0.3) is 0 Å². The van der Waals surface area contributed by atoms with E-state index in [9.17, 15) is 28.8 Å². The van der Waals surface area contributed by atoms with Crippen molar-refractivity contribution in [3.05, 3.63) is 34.4 Å². The lowest BCUT2D eigenvalue weighted by Gasteiger charge is -2.14. The molecule has 0 saturated carbocycles. The van der Waals surface area contributed by atoms with Gasteiger partial charge in [0.25, 0.3) is 0 Å². The summed E-state index contributed by atoms with van der Waals surface area (Å²) >= 11 is 0. The predicted octanol–water partition coefficient (Wildman–Crippen LogP) is -0.134. The Hall–Kier alpha value is -3.96. The predicted molar refractivity (Wildman–Crippen MR) is 76.4 cm³/mol. The number of hydrogen-bond acceptors (Lipinski definition) is 7. The van der Waals surface area contributed by atoms with Crippen LogP contribution in [0, 0.1) is 0 Å². The highest BCUT2D eigenvalue weighted by atomic mass is 16.6. The second-order valence-electron chi connectivity index (χ2n) is 4.69. The number of aromatic carboxylic acids is 3. The van der Waals surface area contributed by atoms with Crippen molar-refractivity contribution >= 4 is 35.8 Å². The molecule has 0 heterocycles. The zero-order chi connectivity index (χ0) is 20.2. The summed E-state index contributed by atoms with van der Waals surface area (Å²) in [6.07, 6.45) is -3.31. The van der Waals surface area contributed by atoms with E-state index in [1.54, 1.807) is 0 Å². The van der Waals surface area contributed by atoms with Crippen molar-refractivity contribution in [1.82, 2.24) is 0 Å².